The molecule has 2 aromatic rings. The van der Waals surface area contributed by atoms with Gasteiger partial charge in [0.25, 0.3) is 0 Å². The van der Waals surface area contributed by atoms with E-state index < -0.39 is 0 Å². The van der Waals surface area contributed by atoms with E-state index in [0.717, 1.165) is 12.1 Å². The first kappa shape index (κ1) is 13.4. The van der Waals surface area contributed by atoms with E-state index in [9.17, 15) is 0 Å². The quantitative estimate of drug-likeness (QED) is 0.912. The number of pyridine rings is 1. The van der Waals surface area contributed by atoms with Crippen molar-refractivity contribution >= 4 is 33.3 Å². The third-order valence-electron chi connectivity index (χ3n) is 3.91. The van der Waals surface area contributed by atoms with Crippen LogP contribution in [0.1, 0.15) is 38.3 Å². The summed E-state index contributed by atoms with van der Waals surface area (Å²) in [5.41, 5.74) is 2.40. The number of hydrogen-bond donors (Lipinski definition) is 1. The zero-order valence-corrected chi connectivity index (χ0v) is 13.1. The van der Waals surface area contributed by atoms with Gasteiger partial charge in [-0.05, 0) is 55.5 Å². The van der Waals surface area contributed by atoms with E-state index in [4.69, 9.17) is 0 Å². The Labute approximate surface area is 123 Å². The molecule has 2 unspecified atom stereocenters. The van der Waals surface area contributed by atoms with Crippen molar-refractivity contribution < 1.29 is 0 Å². The number of thioether (sulfide) groups is 1. The summed E-state index contributed by atoms with van der Waals surface area (Å²) in [6, 6.07) is 4.73. The lowest BCUT2D eigenvalue weighted by Crippen LogP contribution is -2.34. The molecule has 2 atom stereocenters. The van der Waals surface area contributed by atoms with Crippen molar-refractivity contribution in [2.45, 2.75) is 37.5 Å². The molecule has 1 fully saturated rings. The van der Waals surface area contributed by atoms with Crippen LogP contribution in [-0.2, 0) is 0 Å². The predicted molar refractivity (Wildman–Crippen MR) is 86.1 cm³/mol. The second-order valence-electron chi connectivity index (χ2n) is 5.58. The maximum Gasteiger partial charge on any atom is 0.0809 e. The van der Waals surface area contributed by atoms with Gasteiger partial charge in [0.2, 0.25) is 0 Å². The molecule has 0 spiro atoms. The van der Waals surface area contributed by atoms with E-state index in [1.807, 2.05) is 6.20 Å². The molecule has 1 saturated heterocycles. The van der Waals surface area contributed by atoms with Gasteiger partial charge in [-0.2, -0.15) is 11.8 Å². The molecule has 2 nitrogen and oxygen atoms in total. The molecule has 1 N–H and O–H groups in total. The molecule has 3 rings (SSSR count). The number of hydrogen-bond acceptors (Lipinski definition) is 4. The van der Waals surface area contributed by atoms with Crippen LogP contribution in [-0.4, -0.2) is 22.0 Å². The summed E-state index contributed by atoms with van der Waals surface area (Å²) >= 11 is 3.88. The number of nitrogens with zero attached hydrogens (tertiary/aromatic N) is 1. The molecule has 19 heavy (non-hydrogen) atoms. The molecule has 4 heteroatoms. The van der Waals surface area contributed by atoms with Crippen molar-refractivity contribution in [3.8, 4) is 0 Å². The number of thiophene rings is 1. The molecule has 0 aromatic carbocycles. The second-order valence-corrected chi connectivity index (χ2v) is 8.21. The van der Waals surface area contributed by atoms with E-state index in [0.29, 0.717) is 10.8 Å². The Morgan fingerprint density at radius 1 is 1.53 bits per heavy atom. The van der Waals surface area contributed by atoms with E-state index in [1.165, 1.54) is 28.9 Å². The van der Waals surface area contributed by atoms with Crippen LogP contribution in [0, 0.1) is 0 Å². The maximum absolute atomic E-state index is 4.52. The zero-order chi connectivity index (χ0) is 13.3. The smallest absolute Gasteiger partial charge is 0.0809 e. The first-order valence-corrected chi connectivity index (χ1v) is 8.73. The van der Waals surface area contributed by atoms with Crippen molar-refractivity contribution in [2.24, 2.45) is 0 Å². The van der Waals surface area contributed by atoms with Gasteiger partial charge in [0.1, 0.15) is 0 Å². The Kier molecular flexibility index (Phi) is 3.83. The van der Waals surface area contributed by atoms with Crippen molar-refractivity contribution in [3.05, 3.63) is 29.3 Å². The molecule has 0 amide bonds. The van der Waals surface area contributed by atoms with Crippen molar-refractivity contribution in [1.29, 1.82) is 0 Å². The van der Waals surface area contributed by atoms with Crippen LogP contribution in [0.3, 0.4) is 0 Å². The van der Waals surface area contributed by atoms with E-state index in [2.05, 4.69) is 53.4 Å². The van der Waals surface area contributed by atoms with Crippen LogP contribution in [0.5, 0.6) is 0 Å². The first-order chi connectivity index (χ1) is 9.16. The van der Waals surface area contributed by atoms with Gasteiger partial charge in [0, 0.05) is 23.5 Å². The van der Waals surface area contributed by atoms with E-state index >= 15 is 0 Å². The van der Waals surface area contributed by atoms with E-state index in [-0.39, 0.29) is 0 Å². The predicted octanol–water partition coefficient (Wildman–Crippen LogP) is 4.23. The highest BCUT2D eigenvalue weighted by Crippen LogP contribution is 2.37. The molecule has 1 aliphatic rings. The summed E-state index contributed by atoms with van der Waals surface area (Å²) < 4.78 is 1.71. The third kappa shape index (κ3) is 2.96. The Morgan fingerprint density at radius 2 is 2.42 bits per heavy atom. The summed E-state index contributed by atoms with van der Waals surface area (Å²) in [6.45, 7) is 5.70. The van der Waals surface area contributed by atoms with Crippen molar-refractivity contribution in [3.63, 3.8) is 0 Å². The second kappa shape index (κ2) is 5.43. The van der Waals surface area contributed by atoms with Crippen LogP contribution in [0.4, 0.5) is 0 Å². The van der Waals surface area contributed by atoms with Crippen LogP contribution < -0.4 is 5.32 Å². The topological polar surface area (TPSA) is 24.9 Å². The Morgan fingerprint density at radius 3 is 3.21 bits per heavy atom. The molecule has 3 heterocycles. The zero-order valence-electron chi connectivity index (χ0n) is 11.5. The minimum atomic E-state index is 0.372. The highest BCUT2D eigenvalue weighted by Gasteiger charge is 2.29. The molecule has 0 bridgehead atoms. The number of aromatic nitrogens is 1. The molecule has 0 aliphatic carbocycles. The van der Waals surface area contributed by atoms with Crippen molar-refractivity contribution in [1.82, 2.24) is 10.3 Å². The maximum atomic E-state index is 4.52. The molecule has 0 radical (unpaired) electrons. The average Bonchev–Trinajstić information content (AvgIpc) is 3.04. The fourth-order valence-electron chi connectivity index (χ4n) is 2.56. The van der Waals surface area contributed by atoms with Crippen LogP contribution in [0.15, 0.2) is 23.7 Å². The number of nitrogens with one attached hydrogen (secondary N) is 1. The van der Waals surface area contributed by atoms with Gasteiger partial charge in [0.15, 0.2) is 0 Å². The van der Waals surface area contributed by atoms with E-state index in [1.54, 1.807) is 11.3 Å². The molecule has 2 aromatic heterocycles. The minimum Gasteiger partial charge on any atom is -0.309 e. The standard InChI is InChI=1S/C15H20N2S2/c1-11(17-10-15(2)5-3-6-19-15)12-8-14-13(16-9-12)4-7-18-14/h4,7-9,11,17H,3,5-6,10H2,1-2H3. The molecular formula is C15H20N2S2. The Hall–Kier alpha value is -0.580. The summed E-state index contributed by atoms with van der Waals surface area (Å²) in [6.07, 6.45) is 4.70. The van der Waals surface area contributed by atoms with Gasteiger partial charge in [0.05, 0.1) is 10.2 Å². The van der Waals surface area contributed by atoms with Gasteiger partial charge in [-0.3, -0.25) is 4.98 Å². The fourth-order valence-corrected chi connectivity index (χ4v) is 4.61. The lowest BCUT2D eigenvalue weighted by Gasteiger charge is -2.25. The van der Waals surface area contributed by atoms with Crippen LogP contribution in [0.25, 0.3) is 10.2 Å². The first-order valence-electron chi connectivity index (χ1n) is 6.87. The SMILES string of the molecule is CC(NCC1(C)CCCS1)c1cnc2ccsc2c1. The van der Waals surface area contributed by atoms with Crippen molar-refractivity contribution in [2.75, 3.05) is 12.3 Å². The largest absolute Gasteiger partial charge is 0.309 e. The van der Waals surface area contributed by atoms with Gasteiger partial charge in [-0.1, -0.05) is 0 Å². The normalized spacial score (nSPS) is 24.9. The summed E-state index contributed by atoms with van der Waals surface area (Å²) in [4.78, 5) is 4.52. The average molecular weight is 292 g/mol. The Bertz CT molecular complexity index is 558. The summed E-state index contributed by atoms with van der Waals surface area (Å²) in [5.74, 6) is 1.31. The van der Waals surface area contributed by atoms with Gasteiger partial charge < -0.3 is 5.32 Å². The lowest BCUT2D eigenvalue weighted by atomic mass is 10.0. The highest BCUT2D eigenvalue weighted by atomic mass is 32.2. The minimum absolute atomic E-state index is 0.372. The number of rotatable bonds is 4. The monoisotopic (exact) mass is 292 g/mol. The molecule has 102 valence electrons. The van der Waals surface area contributed by atoms with Gasteiger partial charge in [-0.25, -0.2) is 0 Å². The summed E-state index contributed by atoms with van der Waals surface area (Å²) in [7, 11) is 0. The van der Waals surface area contributed by atoms with Crippen LogP contribution in [0.2, 0.25) is 0 Å². The summed E-state index contributed by atoms with van der Waals surface area (Å²) in [5, 5.41) is 5.79. The fraction of sp³-hybridized carbons (Fsp3) is 0.533. The highest BCUT2D eigenvalue weighted by molar-refractivity contribution is 8.00. The van der Waals surface area contributed by atoms with Gasteiger partial charge in [-0.15, -0.1) is 11.3 Å². The number of fused-ring (bicyclic) bond motifs is 1. The van der Waals surface area contributed by atoms with Gasteiger partial charge >= 0.3 is 0 Å². The molecule has 1 aliphatic heterocycles. The van der Waals surface area contributed by atoms with Crippen LogP contribution >= 0.6 is 23.1 Å². The lowest BCUT2D eigenvalue weighted by molar-refractivity contribution is 0.490. The third-order valence-corrected chi connectivity index (χ3v) is 6.30. The molecule has 0 saturated carbocycles. The Balaban J connectivity index is 1.67. The molecular weight excluding hydrogens is 272 g/mol.